The van der Waals surface area contributed by atoms with Crippen molar-refractivity contribution in [1.29, 1.82) is 0 Å². The zero-order chi connectivity index (χ0) is 15.2. The molecule has 1 saturated carbocycles. The van der Waals surface area contributed by atoms with Crippen molar-refractivity contribution < 1.29 is 4.79 Å². The predicted octanol–water partition coefficient (Wildman–Crippen LogP) is 3.79. The largest absolute Gasteiger partial charge is 0.399 e. The molecule has 0 radical (unpaired) electrons. The molecule has 1 aromatic carbocycles. The molecule has 3 heteroatoms. The topological polar surface area (TPSA) is 46.3 Å². The van der Waals surface area contributed by atoms with Crippen LogP contribution in [0, 0.1) is 12.8 Å². The quantitative estimate of drug-likeness (QED) is 0.661. The molecule has 114 valence electrons. The van der Waals surface area contributed by atoms with Gasteiger partial charge in [-0.1, -0.05) is 31.4 Å². The molecule has 0 bridgehead atoms. The molecule has 0 aliphatic heterocycles. The number of anilines is 1. The Kier molecular flexibility index (Phi) is 5.43. The molecular weight excluding hydrogens is 260 g/mol. The summed E-state index contributed by atoms with van der Waals surface area (Å²) in [4.78, 5) is 14.7. The summed E-state index contributed by atoms with van der Waals surface area (Å²) in [5.41, 5.74) is 8.17. The highest BCUT2D eigenvalue weighted by atomic mass is 16.2. The molecule has 0 saturated heterocycles. The van der Waals surface area contributed by atoms with Gasteiger partial charge in [0.2, 0.25) is 0 Å². The summed E-state index contributed by atoms with van der Waals surface area (Å²) in [5, 5.41) is 0. The molecule has 2 N–H and O–H groups in total. The van der Waals surface area contributed by atoms with Gasteiger partial charge in [0.15, 0.2) is 0 Å². The molecule has 0 unspecified atom stereocenters. The van der Waals surface area contributed by atoms with Crippen LogP contribution in [0.5, 0.6) is 0 Å². The smallest absolute Gasteiger partial charge is 0.254 e. The summed E-state index contributed by atoms with van der Waals surface area (Å²) in [5.74, 6) is 0.703. The third-order valence-corrected chi connectivity index (χ3v) is 4.33. The minimum absolute atomic E-state index is 0.0743. The van der Waals surface area contributed by atoms with Gasteiger partial charge in [-0.3, -0.25) is 4.79 Å². The number of nitrogens with two attached hydrogens (primary N) is 1. The Hall–Kier alpha value is -1.77. The molecule has 1 aliphatic carbocycles. The zero-order valence-corrected chi connectivity index (χ0v) is 13.0. The first-order valence-corrected chi connectivity index (χ1v) is 7.88. The summed E-state index contributed by atoms with van der Waals surface area (Å²) < 4.78 is 0. The minimum Gasteiger partial charge on any atom is -0.399 e. The first kappa shape index (κ1) is 15.6. The van der Waals surface area contributed by atoms with Crippen LogP contribution in [0.25, 0.3) is 0 Å². The van der Waals surface area contributed by atoms with Crippen molar-refractivity contribution in [3.8, 4) is 0 Å². The predicted molar refractivity (Wildman–Crippen MR) is 88.3 cm³/mol. The maximum atomic E-state index is 12.8. The molecule has 0 spiro atoms. The Morgan fingerprint density at radius 1 is 1.38 bits per heavy atom. The Balaban J connectivity index is 2.14. The number of hydrogen-bond donors (Lipinski definition) is 1. The van der Waals surface area contributed by atoms with E-state index in [1.807, 2.05) is 30.0 Å². The number of rotatable bonds is 5. The van der Waals surface area contributed by atoms with Crippen LogP contribution in [-0.2, 0) is 0 Å². The van der Waals surface area contributed by atoms with Gasteiger partial charge in [-0.2, -0.15) is 0 Å². The number of hydrogen-bond acceptors (Lipinski definition) is 2. The maximum absolute atomic E-state index is 12.8. The van der Waals surface area contributed by atoms with E-state index in [2.05, 4.69) is 6.58 Å². The first-order chi connectivity index (χ1) is 10.1. The Labute approximate surface area is 127 Å². The van der Waals surface area contributed by atoms with Crippen molar-refractivity contribution >= 4 is 11.6 Å². The van der Waals surface area contributed by atoms with Crippen LogP contribution < -0.4 is 5.73 Å². The Morgan fingerprint density at radius 2 is 2.10 bits per heavy atom. The summed E-state index contributed by atoms with van der Waals surface area (Å²) in [6.45, 7) is 7.18. The van der Waals surface area contributed by atoms with Crippen LogP contribution >= 0.6 is 0 Å². The van der Waals surface area contributed by atoms with Crippen molar-refractivity contribution in [2.45, 2.75) is 39.0 Å². The van der Waals surface area contributed by atoms with Gasteiger partial charge < -0.3 is 10.6 Å². The normalized spacial score (nSPS) is 15.7. The summed E-state index contributed by atoms with van der Waals surface area (Å²) in [7, 11) is 0. The molecule has 0 heterocycles. The SMILES string of the molecule is C=CCN(CC1CCCCC1)C(=O)c1cc(N)ccc1C. The van der Waals surface area contributed by atoms with E-state index in [-0.39, 0.29) is 5.91 Å². The fourth-order valence-corrected chi connectivity index (χ4v) is 3.12. The van der Waals surface area contributed by atoms with E-state index in [0.29, 0.717) is 23.7 Å². The Bertz CT molecular complexity index is 504. The van der Waals surface area contributed by atoms with Gasteiger partial charge in [0, 0.05) is 24.3 Å². The van der Waals surface area contributed by atoms with Crippen LogP contribution in [-0.4, -0.2) is 23.9 Å². The summed E-state index contributed by atoms with van der Waals surface area (Å²) in [6.07, 6.45) is 8.19. The molecule has 2 rings (SSSR count). The monoisotopic (exact) mass is 286 g/mol. The van der Waals surface area contributed by atoms with Gasteiger partial charge >= 0.3 is 0 Å². The van der Waals surface area contributed by atoms with E-state index in [4.69, 9.17) is 5.73 Å². The molecule has 1 amide bonds. The second-order valence-corrected chi connectivity index (χ2v) is 6.08. The van der Waals surface area contributed by atoms with E-state index in [0.717, 1.165) is 12.1 Å². The van der Waals surface area contributed by atoms with Crippen molar-refractivity contribution in [1.82, 2.24) is 4.90 Å². The first-order valence-electron chi connectivity index (χ1n) is 7.88. The molecule has 0 aromatic heterocycles. The van der Waals surface area contributed by atoms with Crippen molar-refractivity contribution in [3.63, 3.8) is 0 Å². The van der Waals surface area contributed by atoms with Gasteiger partial charge in [0.1, 0.15) is 0 Å². The molecule has 1 aliphatic rings. The van der Waals surface area contributed by atoms with Crippen molar-refractivity contribution in [2.75, 3.05) is 18.8 Å². The number of nitrogens with zero attached hydrogens (tertiary/aromatic N) is 1. The summed E-state index contributed by atoms with van der Waals surface area (Å²) >= 11 is 0. The second-order valence-electron chi connectivity index (χ2n) is 6.08. The zero-order valence-electron chi connectivity index (χ0n) is 13.0. The lowest BCUT2D eigenvalue weighted by Gasteiger charge is -2.29. The molecular formula is C18H26N2O. The van der Waals surface area contributed by atoms with Crippen LogP contribution in [0.1, 0.15) is 48.0 Å². The van der Waals surface area contributed by atoms with E-state index >= 15 is 0 Å². The average Bonchev–Trinajstić information content (AvgIpc) is 2.49. The molecule has 1 fully saturated rings. The van der Waals surface area contributed by atoms with Crippen LogP contribution in [0.4, 0.5) is 5.69 Å². The number of carbonyl (C=O) groups is 1. The molecule has 21 heavy (non-hydrogen) atoms. The van der Waals surface area contributed by atoms with Crippen LogP contribution in [0.2, 0.25) is 0 Å². The van der Waals surface area contributed by atoms with Crippen LogP contribution in [0.3, 0.4) is 0 Å². The number of aryl methyl sites for hydroxylation is 1. The number of amides is 1. The fraction of sp³-hybridized carbons (Fsp3) is 0.500. The lowest BCUT2D eigenvalue weighted by molar-refractivity contribution is 0.0735. The number of nitrogen functional groups attached to an aromatic ring is 1. The van der Waals surface area contributed by atoms with Gasteiger partial charge in [-0.25, -0.2) is 0 Å². The second kappa shape index (κ2) is 7.30. The van der Waals surface area contributed by atoms with Gasteiger partial charge in [0.05, 0.1) is 0 Å². The van der Waals surface area contributed by atoms with Crippen molar-refractivity contribution in [2.24, 2.45) is 5.92 Å². The van der Waals surface area contributed by atoms with E-state index in [1.54, 1.807) is 6.07 Å². The van der Waals surface area contributed by atoms with E-state index < -0.39 is 0 Å². The fourth-order valence-electron chi connectivity index (χ4n) is 3.12. The third kappa shape index (κ3) is 4.10. The highest BCUT2D eigenvalue weighted by Gasteiger charge is 2.22. The third-order valence-electron chi connectivity index (χ3n) is 4.33. The average molecular weight is 286 g/mol. The van der Waals surface area contributed by atoms with Gasteiger partial charge in [-0.05, 0) is 43.4 Å². The molecule has 3 nitrogen and oxygen atoms in total. The highest BCUT2D eigenvalue weighted by molar-refractivity contribution is 5.96. The number of carbonyl (C=O) groups excluding carboxylic acids is 1. The van der Waals surface area contributed by atoms with E-state index in [1.165, 1.54) is 32.1 Å². The van der Waals surface area contributed by atoms with Gasteiger partial charge in [-0.15, -0.1) is 6.58 Å². The minimum atomic E-state index is 0.0743. The maximum Gasteiger partial charge on any atom is 0.254 e. The van der Waals surface area contributed by atoms with E-state index in [9.17, 15) is 4.79 Å². The Morgan fingerprint density at radius 3 is 2.76 bits per heavy atom. The summed E-state index contributed by atoms with van der Waals surface area (Å²) in [6, 6.07) is 5.54. The standard InChI is InChI=1S/C18H26N2O/c1-3-11-20(13-15-7-5-4-6-8-15)18(21)17-12-16(19)10-9-14(17)2/h3,9-10,12,15H,1,4-8,11,13,19H2,2H3. The van der Waals surface area contributed by atoms with Crippen LogP contribution in [0.15, 0.2) is 30.9 Å². The lowest BCUT2D eigenvalue weighted by atomic mass is 9.88. The van der Waals surface area contributed by atoms with Crippen molar-refractivity contribution in [3.05, 3.63) is 42.0 Å². The molecule has 1 aromatic rings. The van der Waals surface area contributed by atoms with Gasteiger partial charge in [0.25, 0.3) is 5.91 Å². The number of benzene rings is 1. The highest BCUT2D eigenvalue weighted by Crippen LogP contribution is 2.25. The lowest BCUT2D eigenvalue weighted by Crippen LogP contribution is -2.36. The molecule has 0 atom stereocenters.